The molecule has 3 rings (SSSR count). The van der Waals surface area contributed by atoms with Gasteiger partial charge in [0.2, 0.25) is 5.91 Å². The fourth-order valence-electron chi connectivity index (χ4n) is 3.13. The molecule has 26 heavy (non-hydrogen) atoms. The van der Waals surface area contributed by atoms with Crippen molar-refractivity contribution in [3.63, 3.8) is 0 Å². The van der Waals surface area contributed by atoms with Crippen molar-refractivity contribution in [3.05, 3.63) is 24.3 Å². The largest absolute Gasteiger partial charge is 0.376 e. The summed E-state index contributed by atoms with van der Waals surface area (Å²) in [5, 5.41) is 11.7. The minimum absolute atomic E-state index is 0. The van der Waals surface area contributed by atoms with Crippen molar-refractivity contribution in [2.75, 3.05) is 30.3 Å². The highest BCUT2D eigenvalue weighted by Crippen LogP contribution is 2.15. The number of carbonyl (C=O) groups excluding carboxylic acids is 2. The minimum atomic E-state index is -0.251. The zero-order valence-corrected chi connectivity index (χ0v) is 15.6. The van der Waals surface area contributed by atoms with Crippen molar-refractivity contribution < 1.29 is 14.3 Å². The van der Waals surface area contributed by atoms with Gasteiger partial charge in [-0.3, -0.25) is 4.79 Å². The summed E-state index contributed by atoms with van der Waals surface area (Å²) in [5.41, 5.74) is 1.40. The first-order valence-electron chi connectivity index (χ1n) is 9.01. The average Bonchev–Trinajstić information content (AvgIpc) is 3.16. The van der Waals surface area contributed by atoms with Crippen LogP contribution in [0, 0.1) is 0 Å². The summed E-state index contributed by atoms with van der Waals surface area (Å²) in [7, 11) is 0. The van der Waals surface area contributed by atoms with Crippen molar-refractivity contribution in [1.29, 1.82) is 0 Å². The molecule has 2 fully saturated rings. The molecule has 1 aromatic carbocycles. The van der Waals surface area contributed by atoms with Gasteiger partial charge in [0.25, 0.3) is 0 Å². The van der Waals surface area contributed by atoms with Gasteiger partial charge in [0.05, 0.1) is 12.1 Å². The lowest BCUT2D eigenvalue weighted by atomic mass is 10.0. The van der Waals surface area contributed by atoms with E-state index in [1.807, 2.05) is 0 Å². The second kappa shape index (κ2) is 10.4. The molecule has 1 aromatic rings. The number of anilines is 2. The molecule has 2 aliphatic heterocycles. The van der Waals surface area contributed by atoms with E-state index in [4.69, 9.17) is 4.74 Å². The molecule has 2 aliphatic rings. The predicted molar refractivity (Wildman–Crippen MR) is 104 cm³/mol. The Bertz CT molecular complexity index is 585. The van der Waals surface area contributed by atoms with Crippen LogP contribution in [0.1, 0.15) is 32.1 Å². The molecule has 8 heteroatoms. The van der Waals surface area contributed by atoms with Gasteiger partial charge in [0, 0.05) is 24.5 Å². The topological polar surface area (TPSA) is 91.5 Å². The lowest BCUT2D eigenvalue weighted by Crippen LogP contribution is -2.43. The van der Waals surface area contributed by atoms with Gasteiger partial charge in [-0.25, -0.2) is 4.79 Å². The first-order valence-corrected chi connectivity index (χ1v) is 9.01. The zero-order valence-electron chi connectivity index (χ0n) is 14.8. The zero-order chi connectivity index (χ0) is 17.5. The van der Waals surface area contributed by atoms with E-state index in [0.29, 0.717) is 12.2 Å². The second-order valence-corrected chi connectivity index (χ2v) is 6.54. The standard InChI is InChI=1S/C18H26N4O3.ClH/c23-17(16-5-1-2-10-19-16)21-13-6-8-14(9-7-13)22-18(24)20-12-15-4-3-11-25-15;/h6-9,15-16,19H,1-5,10-12H2,(H,21,23)(H2,20,22,24);1H. The summed E-state index contributed by atoms with van der Waals surface area (Å²) in [5.74, 6) is -0.00489. The highest BCUT2D eigenvalue weighted by molar-refractivity contribution is 5.95. The number of urea groups is 1. The van der Waals surface area contributed by atoms with Gasteiger partial charge in [-0.15, -0.1) is 12.4 Å². The SMILES string of the molecule is Cl.O=C(NCC1CCCO1)Nc1ccc(NC(=O)C2CCCCN2)cc1. The molecule has 3 amide bonds. The third-order valence-electron chi connectivity index (χ3n) is 4.55. The van der Waals surface area contributed by atoms with Crippen LogP contribution in [0.3, 0.4) is 0 Å². The lowest BCUT2D eigenvalue weighted by Gasteiger charge is -2.22. The molecule has 0 aliphatic carbocycles. The number of carbonyl (C=O) groups is 2. The predicted octanol–water partition coefficient (Wildman–Crippen LogP) is 2.49. The van der Waals surface area contributed by atoms with E-state index < -0.39 is 0 Å². The van der Waals surface area contributed by atoms with Crippen LogP contribution in [0.2, 0.25) is 0 Å². The van der Waals surface area contributed by atoms with Crippen LogP contribution in [0.4, 0.5) is 16.2 Å². The second-order valence-electron chi connectivity index (χ2n) is 6.54. The summed E-state index contributed by atoms with van der Waals surface area (Å²) < 4.78 is 5.47. The molecular weight excluding hydrogens is 356 g/mol. The highest BCUT2D eigenvalue weighted by Gasteiger charge is 2.20. The van der Waals surface area contributed by atoms with E-state index in [1.165, 1.54) is 0 Å². The summed E-state index contributed by atoms with van der Waals surface area (Å²) in [4.78, 5) is 24.1. The van der Waals surface area contributed by atoms with Gasteiger partial charge >= 0.3 is 6.03 Å². The molecule has 0 spiro atoms. The Morgan fingerprint density at radius 2 is 1.77 bits per heavy atom. The third-order valence-corrected chi connectivity index (χ3v) is 4.55. The number of benzene rings is 1. The molecule has 7 nitrogen and oxygen atoms in total. The van der Waals surface area contributed by atoms with Crippen LogP contribution in [-0.2, 0) is 9.53 Å². The molecule has 2 unspecified atom stereocenters. The number of rotatable bonds is 5. The summed E-state index contributed by atoms with van der Waals surface area (Å²) >= 11 is 0. The van der Waals surface area contributed by atoms with Gasteiger partial charge in [-0.05, 0) is 56.5 Å². The van der Waals surface area contributed by atoms with E-state index in [9.17, 15) is 9.59 Å². The van der Waals surface area contributed by atoms with Crippen molar-refractivity contribution in [2.45, 2.75) is 44.2 Å². The quantitative estimate of drug-likeness (QED) is 0.629. The highest BCUT2D eigenvalue weighted by atomic mass is 35.5. The normalized spacial score (nSPS) is 22.2. The molecule has 4 N–H and O–H groups in total. The summed E-state index contributed by atoms with van der Waals surface area (Å²) in [6.07, 6.45) is 5.24. The number of hydrogen-bond donors (Lipinski definition) is 4. The Balaban J connectivity index is 0.00000243. The maximum absolute atomic E-state index is 12.2. The molecule has 2 heterocycles. The molecule has 0 saturated carbocycles. The Morgan fingerprint density at radius 3 is 2.38 bits per heavy atom. The Morgan fingerprint density at radius 1 is 1.04 bits per heavy atom. The third kappa shape index (κ3) is 6.16. The monoisotopic (exact) mass is 382 g/mol. The van der Waals surface area contributed by atoms with Crippen LogP contribution < -0.4 is 21.3 Å². The smallest absolute Gasteiger partial charge is 0.319 e. The van der Waals surface area contributed by atoms with Crippen LogP contribution in [0.5, 0.6) is 0 Å². The van der Waals surface area contributed by atoms with Crippen molar-refractivity contribution in [3.8, 4) is 0 Å². The molecule has 144 valence electrons. The van der Waals surface area contributed by atoms with Gasteiger partial charge in [0.1, 0.15) is 0 Å². The van der Waals surface area contributed by atoms with E-state index in [-0.39, 0.29) is 36.5 Å². The Labute approximate surface area is 160 Å². The fourth-order valence-corrected chi connectivity index (χ4v) is 3.13. The number of hydrogen-bond acceptors (Lipinski definition) is 4. The Kier molecular flexibility index (Phi) is 8.15. The summed E-state index contributed by atoms with van der Waals surface area (Å²) in [6.45, 7) is 2.19. The number of nitrogens with one attached hydrogen (secondary N) is 4. The van der Waals surface area contributed by atoms with Crippen LogP contribution >= 0.6 is 12.4 Å². The molecule has 0 radical (unpaired) electrons. The number of piperidine rings is 1. The number of halogens is 1. The van der Waals surface area contributed by atoms with Crippen molar-refractivity contribution >= 4 is 35.7 Å². The molecule has 0 bridgehead atoms. The maximum Gasteiger partial charge on any atom is 0.319 e. The van der Waals surface area contributed by atoms with E-state index >= 15 is 0 Å². The van der Waals surface area contributed by atoms with Gasteiger partial charge in [0.15, 0.2) is 0 Å². The molecular formula is C18H27ClN4O3. The summed E-state index contributed by atoms with van der Waals surface area (Å²) in [6, 6.07) is 6.76. The lowest BCUT2D eigenvalue weighted by molar-refractivity contribution is -0.118. The van der Waals surface area contributed by atoms with Crippen LogP contribution in [-0.4, -0.2) is 43.8 Å². The van der Waals surface area contributed by atoms with Crippen molar-refractivity contribution in [2.24, 2.45) is 0 Å². The van der Waals surface area contributed by atoms with Gasteiger partial charge in [-0.2, -0.15) is 0 Å². The van der Waals surface area contributed by atoms with Crippen LogP contribution in [0.15, 0.2) is 24.3 Å². The first-order chi connectivity index (χ1) is 12.2. The average molecular weight is 383 g/mol. The molecule has 0 aromatic heterocycles. The first kappa shape index (κ1) is 20.5. The molecule has 2 atom stereocenters. The molecule has 2 saturated heterocycles. The van der Waals surface area contributed by atoms with E-state index in [2.05, 4.69) is 21.3 Å². The fraction of sp³-hybridized carbons (Fsp3) is 0.556. The number of ether oxygens (including phenoxy) is 1. The van der Waals surface area contributed by atoms with Gasteiger partial charge < -0.3 is 26.0 Å². The maximum atomic E-state index is 12.2. The van der Waals surface area contributed by atoms with E-state index in [0.717, 1.165) is 50.9 Å². The number of amides is 3. The van der Waals surface area contributed by atoms with Gasteiger partial charge in [-0.1, -0.05) is 6.42 Å². The van der Waals surface area contributed by atoms with Crippen LogP contribution in [0.25, 0.3) is 0 Å². The minimum Gasteiger partial charge on any atom is -0.376 e. The van der Waals surface area contributed by atoms with Crippen molar-refractivity contribution in [1.82, 2.24) is 10.6 Å². The Hall–Kier alpha value is -1.83. The van der Waals surface area contributed by atoms with E-state index in [1.54, 1.807) is 24.3 Å².